The van der Waals surface area contributed by atoms with E-state index in [0.717, 1.165) is 7.11 Å². The van der Waals surface area contributed by atoms with Gasteiger partial charge in [0.25, 0.3) is 0 Å². The molecule has 0 bridgehead atoms. The summed E-state index contributed by atoms with van der Waals surface area (Å²) in [5, 5.41) is 8.69. The number of quaternary nitrogens is 1. The first kappa shape index (κ1) is 18.1. The van der Waals surface area contributed by atoms with Crippen LogP contribution in [0.4, 0.5) is 9.59 Å². The molecular formula is C6H15N3O7S. The van der Waals surface area contributed by atoms with E-state index in [1.807, 2.05) is 0 Å². The molecule has 0 atom stereocenters. The van der Waals surface area contributed by atoms with Gasteiger partial charge in [0.2, 0.25) is 10.4 Å². The molecule has 0 unspecified atom stereocenters. The lowest BCUT2D eigenvalue weighted by Crippen LogP contribution is -2.62. The van der Waals surface area contributed by atoms with Crippen molar-refractivity contribution in [3.63, 3.8) is 0 Å². The van der Waals surface area contributed by atoms with Crippen molar-refractivity contribution >= 4 is 22.5 Å². The molecule has 102 valence electrons. The van der Waals surface area contributed by atoms with Gasteiger partial charge in [0, 0.05) is 0 Å². The van der Waals surface area contributed by atoms with E-state index in [1.54, 1.807) is 0 Å². The van der Waals surface area contributed by atoms with Crippen LogP contribution in [0.25, 0.3) is 0 Å². The fourth-order valence-corrected chi connectivity index (χ4v) is 0.660. The Bertz CT molecular complexity index is 346. The second kappa shape index (κ2) is 7.13. The molecule has 5 N–H and O–H groups in total. The van der Waals surface area contributed by atoms with Crippen molar-refractivity contribution in [1.82, 2.24) is 0 Å². The van der Waals surface area contributed by atoms with Gasteiger partial charge in [-0.15, -0.1) is 4.48 Å². The van der Waals surface area contributed by atoms with E-state index in [9.17, 15) is 22.6 Å². The van der Waals surface area contributed by atoms with Crippen LogP contribution in [0, 0.1) is 0 Å². The van der Waals surface area contributed by atoms with Gasteiger partial charge in [0.1, 0.15) is 0 Å². The normalized spacial score (nSPS) is 11.3. The fourth-order valence-electron chi connectivity index (χ4n) is 0.660. The van der Waals surface area contributed by atoms with Crippen molar-refractivity contribution in [3.8, 4) is 0 Å². The Morgan fingerprint density at radius 3 is 1.65 bits per heavy atom. The summed E-state index contributed by atoms with van der Waals surface area (Å²) in [4.78, 5) is 21.3. The molecule has 0 aromatic carbocycles. The minimum atomic E-state index is -4.41. The second-order valence-corrected chi connectivity index (χ2v) is 3.83. The number of primary amides is 2. The quantitative estimate of drug-likeness (QED) is 0.231. The summed E-state index contributed by atoms with van der Waals surface area (Å²) in [6, 6.07) is -1.88. The van der Waals surface area contributed by atoms with Gasteiger partial charge in [-0.05, 0) is 6.92 Å². The van der Waals surface area contributed by atoms with Crippen LogP contribution >= 0.6 is 0 Å². The Morgan fingerprint density at radius 1 is 1.35 bits per heavy atom. The number of imide groups is 1. The molecule has 4 amide bonds. The average molecular weight is 273 g/mol. The van der Waals surface area contributed by atoms with Gasteiger partial charge in [-0.3, -0.25) is 4.18 Å². The van der Waals surface area contributed by atoms with E-state index in [-0.39, 0.29) is 6.54 Å². The van der Waals surface area contributed by atoms with Crippen LogP contribution in [-0.4, -0.2) is 55.0 Å². The van der Waals surface area contributed by atoms with Crippen molar-refractivity contribution in [1.29, 1.82) is 0 Å². The molecular weight excluding hydrogens is 258 g/mol. The number of hydrogen-bond donors (Lipinski definition) is 3. The third-order valence-electron chi connectivity index (χ3n) is 1.83. The van der Waals surface area contributed by atoms with Crippen LogP contribution in [0.5, 0.6) is 0 Å². The predicted octanol–water partition coefficient (Wildman–Crippen LogP) is -1.98. The van der Waals surface area contributed by atoms with E-state index >= 15 is 0 Å². The Kier molecular flexibility index (Phi) is 7.60. The van der Waals surface area contributed by atoms with Crippen LogP contribution in [0.15, 0.2) is 0 Å². The zero-order chi connectivity index (χ0) is 14.3. The van der Waals surface area contributed by atoms with Crippen LogP contribution in [0.1, 0.15) is 6.92 Å². The standard InChI is InChI=1S/C5H11N3O3.CH4O4S/c1-2-8(3-9,4(6)10)5(7)11;1-5-6(2,3)4/h9H,2-3H2,1H3,(H3-,6,7,10,11);1H3,(H,2,3,4). The highest BCUT2D eigenvalue weighted by Crippen LogP contribution is 2.03. The first-order valence-corrected chi connectivity index (χ1v) is 5.50. The highest BCUT2D eigenvalue weighted by molar-refractivity contribution is 7.80. The molecule has 17 heavy (non-hydrogen) atoms. The molecule has 10 nitrogen and oxygen atoms in total. The van der Waals surface area contributed by atoms with Crippen molar-refractivity contribution in [3.05, 3.63) is 0 Å². The number of nitrogens with zero attached hydrogens (tertiary/aromatic N) is 1. The number of hydrogen-bond acceptors (Lipinski definition) is 7. The molecule has 0 aliphatic rings. The Hall–Kier alpha value is -1.27. The highest BCUT2D eigenvalue weighted by Gasteiger charge is 2.39. The minimum Gasteiger partial charge on any atom is -0.726 e. The lowest BCUT2D eigenvalue weighted by Gasteiger charge is -2.24. The van der Waals surface area contributed by atoms with Crippen LogP contribution in [-0.2, 0) is 14.6 Å². The molecule has 0 radical (unpaired) electrons. The van der Waals surface area contributed by atoms with Crippen molar-refractivity contribution < 1.29 is 36.3 Å². The number of aliphatic hydroxyl groups excluding tert-OH is 1. The summed E-state index contributed by atoms with van der Waals surface area (Å²) in [7, 11) is -3.60. The van der Waals surface area contributed by atoms with Crippen molar-refractivity contribution in [2.75, 3.05) is 20.4 Å². The van der Waals surface area contributed by atoms with E-state index < -0.39 is 33.7 Å². The Balaban J connectivity index is 0. The molecule has 11 heteroatoms. The fraction of sp³-hybridized carbons (Fsp3) is 0.667. The number of carbonyl (C=O) groups is 2. The van der Waals surface area contributed by atoms with Gasteiger partial charge >= 0.3 is 12.1 Å². The van der Waals surface area contributed by atoms with Crippen LogP contribution in [0.2, 0.25) is 0 Å². The lowest BCUT2D eigenvalue weighted by atomic mass is 10.5. The van der Waals surface area contributed by atoms with E-state index in [4.69, 9.17) is 16.6 Å². The van der Waals surface area contributed by atoms with Gasteiger partial charge in [-0.1, -0.05) is 0 Å². The molecule has 0 aromatic rings. The van der Waals surface area contributed by atoms with Crippen molar-refractivity contribution in [2.45, 2.75) is 6.92 Å². The summed E-state index contributed by atoms with van der Waals surface area (Å²) < 4.78 is 30.1. The van der Waals surface area contributed by atoms with Crippen LogP contribution in [0.3, 0.4) is 0 Å². The summed E-state index contributed by atoms with van der Waals surface area (Å²) in [6.07, 6.45) is 0. The minimum absolute atomic E-state index is 0.0567. The molecule has 0 saturated carbocycles. The largest absolute Gasteiger partial charge is 0.726 e. The number of urea groups is 2. The van der Waals surface area contributed by atoms with E-state index in [0.29, 0.717) is 0 Å². The Morgan fingerprint density at radius 2 is 1.65 bits per heavy atom. The summed E-state index contributed by atoms with van der Waals surface area (Å²) >= 11 is 0. The van der Waals surface area contributed by atoms with Gasteiger partial charge < -0.3 is 21.1 Å². The molecule has 0 aromatic heterocycles. The third-order valence-corrected chi connectivity index (χ3v) is 2.24. The summed E-state index contributed by atoms with van der Waals surface area (Å²) in [6.45, 7) is 0.897. The maximum absolute atomic E-state index is 10.7. The van der Waals surface area contributed by atoms with Crippen molar-refractivity contribution in [2.24, 2.45) is 11.5 Å². The molecule has 0 spiro atoms. The molecule has 0 aliphatic heterocycles. The molecule has 0 rings (SSSR count). The number of aliphatic hydroxyl groups is 1. The molecule has 0 heterocycles. The number of amides is 4. The third kappa shape index (κ3) is 6.13. The molecule has 0 fully saturated rings. The summed E-state index contributed by atoms with van der Waals surface area (Å²) in [5.74, 6) is 0. The lowest BCUT2D eigenvalue weighted by molar-refractivity contribution is -0.787. The highest BCUT2D eigenvalue weighted by atomic mass is 32.3. The number of nitrogens with two attached hydrogens (primary N) is 2. The number of rotatable bonds is 3. The van der Waals surface area contributed by atoms with E-state index in [1.165, 1.54) is 6.92 Å². The van der Waals surface area contributed by atoms with Gasteiger partial charge in [-0.2, -0.15) is 0 Å². The average Bonchev–Trinajstić information content (AvgIpc) is 2.19. The first-order chi connectivity index (χ1) is 7.57. The Labute approximate surface area is 98.3 Å². The van der Waals surface area contributed by atoms with Crippen LogP contribution < -0.4 is 11.5 Å². The topological polar surface area (TPSA) is 173 Å². The smallest absolute Gasteiger partial charge is 0.425 e. The molecule has 0 saturated heterocycles. The number of carbonyl (C=O) groups excluding carboxylic acids is 2. The zero-order valence-corrected chi connectivity index (χ0v) is 10.1. The van der Waals surface area contributed by atoms with E-state index in [2.05, 4.69) is 4.18 Å². The molecule has 0 aliphatic carbocycles. The first-order valence-electron chi connectivity index (χ1n) is 4.16. The predicted molar refractivity (Wildman–Crippen MR) is 53.8 cm³/mol. The van der Waals surface area contributed by atoms with Gasteiger partial charge in [0.05, 0.1) is 13.7 Å². The second-order valence-electron chi connectivity index (χ2n) is 2.68. The maximum Gasteiger partial charge on any atom is 0.425 e. The van der Waals surface area contributed by atoms with Gasteiger partial charge in [-0.25, -0.2) is 18.0 Å². The SMILES string of the molecule is CC[N+](CO)(C(N)=O)C(N)=O.COS(=O)(=O)[O-]. The summed E-state index contributed by atoms with van der Waals surface area (Å²) in [5.41, 5.74) is 9.73. The maximum atomic E-state index is 10.7. The monoisotopic (exact) mass is 273 g/mol. The zero-order valence-electron chi connectivity index (χ0n) is 9.32. The van der Waals surface area contributed by atoms with Gasteiger partial charge in [0.15, 0.2) is 6.73 Å².